The van der Waals surface area contributed by atoms with Gasteiger partial charge in [-0.1, -0.05) is 22.0 Å². The molecule has 2 aromatic carbocycles. The summed E-state index contributed by atoms with van der Waals surface area (Å²) in [5.74, 6) is -0.142. The summed E-state index contributed by atoms with van der Waals surface area (Å²) < 4.78 is 37.1. The largest absolute Gasteiger partial charge is 0.493 e. The lowest BCUT2D eigenvalue weighted by Crippen LogP contribution is -2.01. The first-order valence-electron chi connectivity index (χ1n) is 5.93. The number of rotatable bonds is 5. The van der Waals surface area contributed by atoms with Gasteiger partial charge in [0.05, 0.1) is 7.11 Å². The van der Waals surface area contributed by atoms with E-state index in [4.69, 9.17) is 9.47 Å². The number of methoxy groups -OCH3 is 1. The molecule has 0 amide bonds. The Morgan fingerprint density at radius 2 is 1.85 bits per heavy atom. The third-order valence-corrected chi connectivity index (χ3v) is 3.43. The van der Waals surface area contributed by atoms with Gasteiger partial charge in [-0.05, 0) is 29.8 Å². The van der Waals surface area contributed by atoms with E-state index in [-0.39, 0.29) is 12.2 Å². The molecule has 106 valence electrons. The van der Waals surface area contributed by atoms with E-state index in [0.717, 1.165) is 11.6 Å². The molecule has 2 nitrogen and oxygen atoms in total. The van der Waals surface area contributed by atoms with Crippen LogP contribution in [0.15, 0.2) is 36.4 Å². The predicted octanol–water partition coefficient (Wildman–Crippen LogP) is 4.45. The standard InChI is InChI=1S/C15H13BrF2O2/c1-19-14-5-2-10(8-16)6-15(14)20-9-11-3-4-12(17)7-13(11)18/h2-7H,8-9H2,1H3. The second-order valence-corrected chi connectivity index (χ2v) is 4.70. The number of hydrogen-bond donors (Lipinski definition) is 0. The van der Waals surface area contributed by atoms with E-state index in [1.54, 1.807) is 6.07 Å². The summed E-state index contributed by atoms with van der Waals surface area (Å²) in [5.41, 5.74) is 1.30. The monoisotopic (exact) mass is 342 g/mol. The van der Waals surface area contributed by atoms with Crippen molar-refractivity contribution in [3.63, 3.8) is 0 Å². The molecule has 0 saturated heterocycles. The summed E-state index contributed by atoms with van der Waals surface area (Å²) in [5, 5.41) is 0.679. The van der Waals surface area contributed by atoms with E-state index < -0.39 is 11.6 Å². The Kier molecular flexibility index (Phi) is 4.95. The van der Waals surface area contributed by atoms with Crippen LogP contribution in [0.5, 0.6) is 11.5 Å². The number of alkyl halides is 1. The number of ether oxygens (including phenoxy) is 2. The summed E-state index contributed by atoms with van der Waals surface area (Å²) in [6.07, 6.45) is 0. The van der Waals surface area contributed by atoms with Crippen molar-refractivity contribution in [2.45, 2.75) is 11.9 Å². The molecule has 0 saturated carbocycles. The van der Waals surface area contributed by atoms with Gasteiger partial charge in [0.25, 0.3) is 0 Å². The van der Waals surface area contributed by atoms with E-state index in [1.807, 2.05) is 12.1 Å². The smallest absolute Gasteiger partial charge is 0.161 e. The molecule has 0 unspecified atom stereocenters. The third-order valence-electron chi connectivity index (χ3n) is 2.78. The Hall–Kier alpha value is -1.62. The van der Waals surface area contributed by atoms with Crippen molar-refractivity contribution in [2.24, 2.45) is 0 Å². The van der Waals surface area contributed by atoms with Crippen LogP contribution < -0.4 is 9.47 Å². The Bertz CT molecular complexity index is 602. The average Bonchev–Trinajstić information content (AvgIpc) is 2.46. The first kappa shape index (κ1) is 14.8. The molecule has 0 aliphatic rings. The van der Waals surface area contributed by atoms with Crippen LogP contribution in [0, 0.1) is 11.6 Å². The minimum atomic E-state index is -0.624. The Labute approximate surface area is 124 Å². The van der Waals surface area contributed by atoms with Crippen molar-refractivity contribution in [3.8, 4) is 11.5 Å². The zero-order valence-corrected chi connectivity index (χ0v) is 12.4. The first-order valence-corrected chi connectivity index (χ1v) is 7.06. The summed E-state index contributed by atoms with van der Waals surface area (Å²) in [4.78, 5) is 0. The molecule has 0 radical (unpaired) electrons. The predicted molar refractivity (Wildman–Crippen MR) is 76.3 cm³/mol. The topological polar surface area (TPSA) is 18.5 Å². The van der Waals surface area contributed by atoms with Gasteiger partial charge in [0.2, 0.25) is 0 Å². The van der Waals surface area contributed by atoms with Crippen LogP contribution in [-0.4, -0.2) is 7.11 Å². The minimum Gasteiger partial charge on any atom is -0.493 e. The number of halogens is 3. The molecule has 5 heteroatoms. The van der Waals surface area contributed by atoms with Crippen LogP contribution in [0.1, 0.15) is 11.1 Å². The maximum absolute atomic E-state index is 13.5. The van der Waals surface area contributed by atoms with Crippen molar-refractivity contribution in [1.29, 1.82) is 0 Å². The van der Waals surface area contributed by atoms with E-state index in [9.17, 15) is 8.78 Å². The van der Waals surface area contributed by atoms with Crippen molar-refractivity contribution in [2.75, 3.05) is 7.11 Å². The van der Waals surface area contributed by atoms with Crippen LogP contribution in [-0.2, 0) is 11.9 Å². The number of benzene rings is 2. The molecule has 0 fully saturated rings. The van der Waals surface area contributed by atoms with Gasteiger partial charge in [-0.2, -0.15) is 0 Å². The molecule has 0 heterocycles. The lowest BCUT2D eigenvalue weighted by Gasteiger charge is -2.12. The zero-order chi connectivity index (χ0) is 14.5. The van der Waals surface area contributed by atoms with Gasteiger partial charge in [0.15, 0.2) is 11.5 Å². The van der Waals surface area contributed by atoms with Gasteiger partial charge >= 0.3 is 0 Å². The second-order valence-electron chi connectivity index (χ2n) is 4.14. The van der Waals surface area contributed by atoms with Crippen LogP contribution in [0.3, 0.4) is 0 Å². The second kappa shape index (κ2) is 6.70. The molecule has 2 aromatic rings. The maximum atomic E-state index is 13.5. The highest BCUT2D eigenvalue weighted by Gasteiger charge is 2.08. The normalized spacial score (nSPS) is 10.4. The highest BCUT2D eigenvalue weighted by molar-refractivity contribution is 9.08. The van der Waals surface area contributed by atoms with Gasteiger partial charge in [0.1, 0.15) is 18.2 Å². The summed E-state index contributed by atoms with van der Waals surface area (Å²) >= 11 is 3.36. The Morgan fingerprint density at radius 3 is 2.50 bits per heavy atom. The average molecular weight is 343 g/mol. The van der Waals surface area contributed by atoms with Gasteiger partial charge in [-0.15, -0.1) is 0 Å². The van der Waals surface area contributed by atoms with Crippen LogP contribution in [0.25, 0.3) is 0 Å². The third kappa shape index (κ3) is 3.48. The highest BCUT2D eigenvalue weighted by atomic mass is 79.9. The fourth-order valence-electron chi connectivity index (χ4n) is 1.71. The van der Waals surface area contributed by atoms with Crippen molar-refractivity contribution >= 4 is 15.9 Å². The van der Waals surface area contributed by atoms with E-state index in [2.05, 4.69) is 15.9 Å². The van der Waals surface area contributed by atoms with Crippen LogP contribution in [0.2, 0.25) is 0 Å². The molecule has 0 aromatic heterocycles. The van der Waals surface area contributed by atoms with Gasteiger partial charge in [0, 0.05) is 17.0 Å². The van der Waals surface area contributed by atoms with Crippen molar-refractivity contribution in [3.05, 3.63) is 59.2 Å². The fraction of sp³-hybridized carbons (Fsp3) is 0.200. The summed E-state index contributed by atoms with van der Waals surface area (Å²) in [6, 6.07) is 8.91. The maximum Gasteiger partial charge on any atom is 0.161 e. The molecular weight excluding hydrogens is 330 g/mol. The lowest BCUT2D eigenvalue weighted by atomic mass is 10.2. The molecule has 0 aliphatic carbocycles. The summed E-state index contributed by atoms with van der Waals surface area (Å²) in [6.45, 7) is 0.00815. The van der Waals surface area contributed by atoms with Gasteiger partial charge < -0.3 is 9.47 Å². The van der Waals surface area contributed by atoms with E-state index in [0.29, 0.717) is 16.8 Å². The molecule has 0 aliphatic heterocycles. The molecule has 20 heavy (non-hydrogen) atoms. The number of hydrogen-bond acceptors (Lipinski definition) is 2. The SMILES string of the molecule is COc1ccc(CBr)cc1OCc1ccc(F)cc1F. The molecule has 0 spiro atoms. The zero-order valence-electron chi connectivity index (χ0n) is 10.8. The Morgan fingerprint density at radius 1 is 1.05 bits per heavy atom. The Balaban J connectivity index is 2.17. The van der Waals surface area contributed by atoms with Gasteiger partial charge in [-0.25, -0.2) is 8.78 Å². The van der Waals surface area contributed by atoms with E-state index in [1.165, 1.54) is 19.2 Å². The first-order chi connectivity index (χ1) is 9.63. The van der Waals surface area contributed by atoms with Gasteiger partial charge in [-0.3, -0.25) is 0 Å². The minimum absolute atomic E-state index is 0.00815. The molecule has 0 N–H and O–H groups in total. The highest BCUT2D eigenvalue weighted by Crippen LogP contribution is 2.29. The van der Waals surface area contributed by atoms with Crippen molar-refractivity contribution < 1.29 is 18.3 Å². The molecule has 0 atom stereocenters. The van der Waals surface area contributed by atoms with Crippen LogP contribution >= 0.6 is 15.9 Å². The van der Waals surface area contributed by atoms with E-state index >= 15 is 0 Å². The van der Waals surface area contributed by atoms with Crippen molar-refractivity contribution in [1.82, 2.24) is 0 Å². The fourth-order valence-corrected chi connectivity index (χ4v) is 2.06. The molecule has 2 rings (SSSR count). The quantitative estimate of drug-likeness (QED) is 0.747. The molecular formula is C15H13BrF2O2. The van der Waals surface area contributed by atoms with Crippen LogP contribution in [0.4, 0.5) is 8.78 Å². The lowest BCUT2D eigenvalue weighted by molar-refractivity contribution is 0.279. The summed E-state index contributed by atoms with van der Waals surface area (Å²) in [7, 11) is 1.54. The molecule has 0 bridgehead atoms.